The van der Waals surface area contributed by atoms with Gasteiger partial charge in [0.25, 0.3) is 0 Å². The zero-order valence-corrected chi connectivity index (χ0v) is 9.26. The number of hydrogen-bond donors (Lipinski definition) is 0. The van der Waals surface area contributed by atoms with Crippen LogP contribution in [0.4, 0.5) is 0 Å². The second-order valence-corrected chi connectivity index (χ2v) is 5.73. The van der Waals surface area contributed by atoms with E-state index in [0.717, 1.165) is 31.6 Å². The van der Waals surface area contributed by atoms with E-state index < -0.39 is 0 Å². The molecule has 1 saturated carbocycles. The lowest BCUT2D eigenvalue weighted by Gasteiger charge is -2.38. The minimum atomic E-state index is -0.262. The first kappa shape index (κ1) is 10.7. The number of nitrogens with zero attached hydrogens (tertiary/aromatic N) is 1. The van der Waals surface area contributed by atoms with Gasteiger partial charge in [-0.1, -0.05) is 25.9 Å². The van der Waals surface area contributed by atoms with Crippen LogP contribution in [0.25, 0.3) is 0 Å². The van der Waals surface area contributed by atoms with Gasteiger partial charge in [0.15, 0.2) is 0 Å². The monoisotopic (exact) mass is 183 g/mol. The lowest BCUT2D eigenvalue weighted by Crippen LogP contribution is -2.33. The molecule has 1 aliphatic rings. The van der Waals surface area contributed by atoms with Crippen LogP contribution in [-0.4, -0.2) is 5.54 Å². The Morgan fingerprint density at radius 3 is 2.00 bits per heavy atom. The van der Waals surface area contributed by atoms with Crippen molar-refractivity contribution in [1.82, 2.24) is 0 Å². The van der Waals surface area contributed by atoms with Crippen LogP contribution in [0.5, 0.6) is 0 Å². The molecule has 1 aliphatic carbocycles. The Hall–Kier alpha value is -0.400. The Morgan fingerprint density at radius 1 is 1.23 bits per heavy atom. The molecule has 76 valence electrons. The van der Waals surface area contributed by atoms with Crippen molar-refractivity contribution in [1.29, 1.82) is 0 Å². The third-order valence-electron chi connectivity index (χ3n) is 3.51. The summed E-state index contributed by atoms with van der Waals surface area (Å²) in [6.07, 6.45) is 4.26. The van der Waals surface area contributed by atoms with E-state index in [-0.39, 0.29) is 5.54 Å². The number of nitroso groups, excluding NO2 is 1. The van der Waals surface area contributed by atoms with Gasteiger partial charge in [-0.3, -0.25) is 0 Å². The van der Waals surface area contributed by atoms with Crippen molar-refractivity contribution in [2.45, 2.75) is 58.9 Å². The molecule has 13 heavy (non-hydrogen) atoms. The van der Waals surface area contributed by atoms with Gasteiger partial charge in [0.05, 0.1) is 5.54 Å². The average Bonchev–Trinajstić information content (AvgIpc) is 2.04. The normalized spacial score (nSPS) is 35.8. The summed E-state index contributed by atoms with van der Waals surface area (Å²) >= 11 is 0. The van der Waals surface area contributed by atoms with Crippen molar-refractivity contribution in [3.63, 3.8) is 0 Å². The molecule has 2 nitrogen and oxygen atoms in total. The predicted molar refractivity (Wildman–Crippen MR) is 55.6 cm³/mol. The molecule has 2 heteroatoms. The lowest BCUT2D eigenvalue weighted by molar-refractivity contribution is 0.142. The zero-order chi connectivity index (χ0) is 10.1. The fraction of sp³-hybridized carbons (Fsp3) is 1.00. The van der Waals surface area contributed by atoms with Crippen LogP contribution in [0.2, 0.25) is 0 Å². The summed E-state index contributed by atoms with van der Waals surface area (Å²) in [5, 5.41) is 3.25. The van der Waals surface area contributed by atoms with Crippen LogP contribution in [0.3, 0.4) is 0 Å². The molecule has 0 saturated heterocycles. The molecule has 0 radical (unpaired) electrons. The zero-order valence-electron chi connectivity index (χ0n) is 9.26. The van der Waals surface area contributed by atoms with Crippen LogP contribution in [0.15, 0.2) is 5.18 Å². The van der Waals surface area contributed by atoms with Gasteiger partial charge in [-0.2, -0.15) is 4.91 Å². The first-order chi connectivity index (χ1) is 5.87. The molecule has 0 bridgehead atoms. The first-order valence-electron chi connectivity index (χ1n) is 5.22. The molecule has 0 spiro atoms. The SMILES string of the molecule is CC1(N=O)CCC(C(C)(C)C)CC1. The molecule has 0 unspecified atom stereocenters. The summed E-state index contributed by atoms with van der Waals surface area (Å²) in [4.78, 5) is 10.6. The van der Waals surface area contributed by atoms with E-state index in [2.05, 4.69) is 25.9 Å². The molecular formula is C11H21NO. The fourth-order valence-corrected chi connectivity index (χ4v) is 2.20. The van der Waals surface area contributed by atoms with Crippen LogP contribution in [0, 0.1) is 16.2 Å². The van der Waals surface area contributed by atoms with Crippen molar-refractivity contribution in [2.75, 3.05) is 0 Å². The Bertz CT molecular complexity index is 185. The maximum atomic E-state index is 10.6. The maximum Gasteiger partial charge on any atom is 0.0998 e. The second kappa shape index (κ2) is 3.39. The van der Waals surface area contributed by atoms with Gasteiger partial charge in [-0.25, -0.2) is 0 Å². The summed E-state index contributed by atoms with van der Waals surface area (Å²) < 4.78 is 0. The highest BCUT2D eigenvalue weighted by Gasteiger charge is 2.36. The highest BCUT2D eigenvalue weighted by molar-refractivity contribution is 4.91. The van der Waals surface area contributed by atoms with Gasteiger partial charge in [-0.15, -0.1) is 0 Å². The van der Waals surface area contributed by atoms with Gasteiger partial charge in [0.2, 0.25) is 0 Å². The van der Waals surface area contributed by atoms with Crippen molar-refractivity contribution >= 4 is 0 Å². The summed E-state index contributed by atoms with van der Waals surface area (Å²) in [6, 6.07) is 0. The molecule has 1 fully saturated rings. The lowest BCUT2D eigenvalue weighted by atomic mass is 9.68. The third-order valence-corrected chi connectivity index (χ3v) is 3.51. The minimum absolute atomic E-state index is 0.262. The van der Waals surface area contributed by atoms with E-state index in [0.29, 0.717) is 5.41 Å². The van der Waals surface area contributed by atoms with E-state index >= 15 is 0 Å². The van der Waals surface area contributed by atoms with Gasteiger partial charge in [0.1, 0.15) is 0 Å². The van der Waals surface area contributed by atoms with Crippen LogP contribution in [-0.2, 0) is 0 Å². The highest BCUT2D eigenvalue weighted by Crippen LogP contribution is 2.42. The summed E-state index contributed by atoms with van der Waals surface area (Å²) in [6.45, 7) is 8.84. The van der Waals surface area contributed by atoms with Crippen LogP contribution >= 0.6 is 0 Å². The highest BCUT2D eigenvalue weighted by atomic mass is 16.3. The van der Waals surface area contributed by atoms with Crippen molar-refractivity contribution in [2.24, 2.45) is 16.5 Å². The van der Waals surface area contributed by atoms with Gasteiger partial charge < -0.3 is 0 Å². The molecule has 0 N–H and O–H groups in total. The van der Waals surface area contributed by atoms with Gasteiger partial charge >= 0.3 is 0 Å². The van der Waals surface area contributed by atoms with E-state index in [1.165, 1.54) is 0 Å². The molecule has 0 aromatic rings. The van der Waals surface area contributed by atoms with E-state index in [1.807, 2.05) is 6.92 Å². The third kappa shape index (κ3) is 2.52. The Balaban J connectivity index is 2.53. The van der Waals surface area contributed by atoms with Crippen molar-refractivity contribution in [3.8, 4) is 0 Å². The molecule has 1 rings (SSSR count). The first-order valence-corrected chi connectivity index (χ1v) is 5.22. The van der Waals surface area contributed by atoms with E-state index in [9.17, 15) is 4.91 Å². The van der Waals surface area contributed by atoms with Crippen LogP contribution < -0.4 is 0 Å². The minimum Gasteiger partial charge on any atom is -0.150 e. The van der Waals surface area contributed by atoms with E-state index in [4.69, 9.17) is 0 Å². The summed E-state index contributed by atoms with van der Waals surface area (Å²) in [7, 11) is 0. The van der Waals surface area contributed by atoms with Crippen LogP contribution in [0.1, 0.15) is 53.4 Å². The quantitative estimate of drug-likeness (QED) is 0.569. The Morgan fingerprint density at radius 2 is 1.69 bits per heavy atom. The molecule has 0 amide bonds. The van der Waals surface area contributed by atoms with Crippen molar-refractivity contribution < 1.29 is 0 Å². The molecule has 0 aromatic carbocycles. The fourth-order valence-electron chi connectivity index (χ4n) is 2.20. The van der Waals surface area contributed by atoms with Gasteiger partial charge in [-0.05, 0) is 43.9 Å². The molecule has 0 aliphatic heterocycles. The maximum absolute atomic E-state index is 10.6. The topological polar surface area (TPSA) is 29.4 Å². The smallest absolute Gasteiger partial charge is 0.0998 e. The number of rotatable bonds is 1. The summed E-state index contributed by atoms with van der Waals surface area (Å²) in [5.41, 5.74) is 0.131. The molecule has 0 heterocycles. The Kier molecular flexibility index (Phi) is 2.79. The number of hydrogen-bond acceptors (Lipinski definition) is 2. The Labute approximate surface area is 81.1 Å². The largest absolute Gasteiger partial charge is 0.150 e. The summed E-state index contributed by atoms with van der Waals surface area (Å²) in [5.74, 6) is 0.766. The average molecular weight is 183 g/mol. The predicted octanol–water partition coefficient (Wildman–Crippen LogP) is 3.75. The molecule has 0 aromatic heterocycles. The standard InChI is InChI=1S/C11H21NO/c1-10(2,3)9-5-7-11(4,12-13)8-6-9/h9H,5-8H2,1-4H3. The van der Waals surface area contributed by atoms with Crippen molar-refractivity contribution in [3.05, 3.63) is 4.91 Å². The molecule has 0 atom stereocenters. The second-order valence-electron chi connectivity index (χ2n) is 5.73. The van der Waals surface area contributed by atoms with E-state index in [1.54, 1.807) is 0 Å². The molecular weight excluding hydrogens is 162 g/mol. The van der Waals surface area contributed by atoms with Gasteiger partial charge in [0, 0.05) is 0 Å².